The first-order valence-electron chi connectivity index (χ1n) is 3.38. The van der Waals surface area contributed by atoms with Crippen LogP contribution in [0.1, 0.15) is 0 Å². The second kappa shape index (κ2) is 2.38. The number of nitrogens with one attached hydrogen (secondary N) is 2. The summed E-state index contributed by atoms with van der Waals surface area (Å²) in [5.41, 5.74) is 6.10. The summed E-state index contributed by atoms with van der Waals surface area (Å²) in [6.07, 6.45) is 8.30. The van der Waals surface area contributed by atoms with Crippen LogP contribution in [-0.4, -0.2) is 11.5 Å². The third-order valence-corrected chi connectivity index (χ3v) is 2.30. The van der Waals surface area contributed by atoms with Crippen molar-refractivity contribution < 1.29 is 0 Å². The number of rotatable bonds is 0. The fourth-order valence-electron chi connectivity index (χ4n) is 1.32. The summed E-state index contributed by atoms with van der Waals surface area (Å²) in [5.74, 6) is 0.409. The molecule has 3 heteroatoms. The standard InChI is InChI=1S/C7H9ClN2/c8-7-5-3-1-2-4-6(5)9-10-7/h1-7,9-10H. The van der Waals surface area contributed by atoms with Gasteiger partial charge in [0.15, 0.2) is 0 Å². The zero-order valence-electron chi connectivity index (χ0n) is 5.42. The van der Waals surface area contributed by atoms with E-state index in [1.807, 2.05) is 12.2 Å². The van der Waals surface area contributed by atoms with Crippen molar-refractivity contribution >= 4 is 11.6 Å². The number of hydrogen-bond donors (Lipinski definition) is 2. The van der Waals surface area contributed by atoms with Crippen LogP contribution in [0.3, 0.4) is 0 Å². The van der Waals surface area contributed by atoms with Gasteiger partial charge in [-0.25, -0.2) is 10.9 Å². The Morgan fingerprint density at radius 3 is 2.70 bits per heavy atom. The summed E-state index contributed by atoms with van der Waals surface area (Å²) in [4.78, 5) is 0. The number of allylic oxidation sites excluding steroid dienone is 2. The van der Waals surface area contributed by atoms with E-state index in [1.54, 1.807) is 0 Å². The fourth-order valence-corrected chi connectivity index (χ4v) is 1.62. The molecule has 1 saturated heterocycles. The summed E-state index contributed by atoms with van der Waals surface area (Å²) in [6, 6.07) is 0.382. The molecule has 2 aliphatic rings. The molecular weight excluding hydrogens is 148 g/mol. The molecule has 3 atom stereocenters. The largest absolute Gasteiger partial charge is 0.249 e. The van der Waals surface area contributed by atoms with Gasteiger partial charge in [-0.2, -0.15) is 0 Å². The second-order valence-electron chi connectivity index (χ2n) is 2.56. The van der Waals surface area contributed by atoms with E-state index >= 15 is 0 Å². The molecule has 0 radical (unpaired) electrons. The predicted molar refractivity (Wildman–Crippen MR) is 41.5 cm³/mol. The lowest BCUT2D eigenvalue weighted by Gasteiger charge is -2.14. The number of alkyl halides is 1. The van der Waals surface area contributed by atoms with Crippen molar-refractivity contribution in [3.05, 3.63) is 24.3 Å². The molecular formula is C7H9ClN2. The van der Waals surface area contributed by atoms with Gasteiger partial charge in [-0.15, -0.1) is 11.6 Å². The number of hydrazine groups is 1. The highest BCUT2D eigenvalue weighted by atomic mass is 35.5. The first-order chi connectivity index (χ1) is 4.88. The third kappa shape index (κ3) is 0.888. The van der Waals surface area contributed by atoms with E-state index in [9.17, 15) is 0 Å². The van der Waals surface area contributed by atoms with Crippen LogP contribution >= 0.6 is 11.6 Å². The Morgan fingerprint density at radius 1 is 1.10 bits per heavy atom. The van der Waals surface area contributed by atoms with E-state index in [2.05, 4.69) is 23.0 Å². The molecule has 0 bridgehead atoms. The summed E-state index contributed by atoms with van der Waals surface area (Å²) in [7, 11) is 0. The molecule has 2 N–H and O–H groups in total. The van der Waals surface area contributed by atoms with Crippen LogP contribution in [0.5, 0.6) is 0 Å². The monoisotopic (exact) mass is 156 g/mol. The average Bonchev–Trinajstić information content (AvgIpc) is 2.34. The molecule has 0 spiro atoms. The van der Waals surface area contributed by atoms with Crippen molar-refractivity contribution in [3.8, 4) is 0 Å². The summed E-state index contributed by atoms with van der Waals surface area (Å²) in [5, 5.41) is 0. The first-order valence-corrected chi connectivity index (χ1v) is 3.82. The lowest BCUT2D eigenvalue weighted by Crippen LogP contribution is -2.30. The van der Waals surface area contributed by atoms with Crippen molar-refractivity contribution in [2.45, 2.75) is 11.5 Å². The van der Waals surface area contributed by atoms with E-state index in [0.717, 1.165) is 0 Å². The van der Waals surface area contributed by atoms with Gasteiger partial charge in [0.25, 0.3) is 0 Å². The van der Waals surface area contributed by atoms with Gasteiger partial charge in [0, 0.05) is 12.0 Å². The molecule has 0 aromatic carbocycles. The Bertz CT molecular complexity index is 188. The van der Waals surface area contributed by atoms with Crippen LogP contribution in [0.25, 0.3) is 0 Å². The minimum absolute atomic E-state index is 0.0335. The maximum atomic E-state index is 5.93. The van der Waals surface area contributed by atoms with Crippen LogP contribution < -0.4 is 10.9 Å². The smallest absolute Gasteiger partial charge is 0.103 e. The molecule has 3 unspecified atom stereocenters. The molecule has 2 nitrogen and oxygen atoms in total. The lowest BCUT2D eigenvalue weighted by molar-refractivity contribution is 0.601. The van der Waals surface area contributed by atoms with Crippen molar-refractivity contribution in [3.63, 3.8) is 0 Å². The maximum absolute atomic E-state index is 5.93. The minimum Gasteiger partial charge on any atom is -0.249 e. The van der Waals surface area contributed by atoms with E-state index in [0.29, 0.717) is 12.0 Å². The van der Waals surface area contributed by atoms with Gasteiger partial charge in [-0.1, -0.05) is 24.3 Å². The highest BCUT2D eigenvalue weighted by molar-refractivity contribution is 6.20. The normalized spacial score (nSPS) is 43.9. The average molecular weight is 157 g/mol. The summed E-state index contributed by atoms with van der Waals surface area (Å²) >= 11 is 5.93. The molecule has 54 valence electrons. The minimum atomic E-state index is 0.0335. The Kier molecular flexibility index (Phi) is 1.52. The van der Waals surface area contributed by atoms with Gasteiger partial charge in [-0.05, 0) is 0 Å². The maximum Gasteiger partial charge on any atom is 0.103 e. The quantitative estimate of drug-likeness (QED) is 0.400. The molecule has 0 saturated carbocycles. The Hall–Kier alpha value is -0.310. The zero-order valence-corrected chi connectivity index (χ0v) is 6.18. The zero-order chi connectivity index (χ0) is 6.97. The van der Waals surface area contributed by atoms with E-state index in [1.165, 1.54) is 0 Å². The Labute approximate surface area is 64.9 Å². The Morgan fingerprint density at radius 2 is 1.90 bits per heavy atom. The van der Waals surface area contributed by atoms with Gasteiger partial charge >= 0.3 is 0 Å². The van der Waals surface area contributed by atoms with Crippen LogP contribution in [0, 0.1) is 5.92 Å². The lowest BCUT2D eigenvalue weighted by atomic mass is 9.97. The van der Waals surface area contributed by atoms with Crippen LogP contribution in [0.15, 0.2) is 24.3 Å². The number of halogens is 1. The van der Waals surface area contributed by atoms with E-state index in [4.69, 9.17) is 11.6 Å². The second-order valence-corrected chi connectivity index (χ2v) is 3.03. The SMILES string of the molecule is ClC1NNC2C=CC=CC12. The Balaban J connectivity index is 2.19. The highest BCUT2D eigenvalue weighted by Gasteiger charge is 2.31. The topological polar surface area (TPSA) is 24.1 Å². The number of hydrogen-bond acceptors (Lipinski definition) is 2. The molecule has 0 amide bonds. The van der Waals surface area contributed by atoms with Crippen LogP contribution in [0.2, 0.25) is 0 Å². The molecule has 0 aromatic rings. The molecule has 1 heterocycles. The summed E-state index contributed by atoms with van der Waals surface area (Å²) in [6.45, 7) is 0. The van der Waals surface area contributed by atoms with Gasteiger partial charge < -0.3 is 0 Å². The van der Waals surface area contributed by atoms with Crippen molar-refractivity contribution in [1.82, 2.24) is 10.9 Å². The molecule has 1 aliphatic carbocycles. The van der Waals surface area contributed by atoms with Crippen molar-refractivity contribution in [2.75, 3.05) is 0 Å². The molecule has 1 aliphatic heterocycles. The first kappa shape index (κ1) is 6.40. The van der Waals surface area contributed by atoms with Gasteiger partial charge in [0.2, 0.25) is 0 Å². The highest BCUT2D eigenvalue weighted by Crippen LogP contribution is 2.22. The van der Waals surface area contributed by atoms with Gasteiger partial charge in [0.05, 0.1) is 0 Å². The molecule has 2 rings (SSSR count). The van der Waals surface area contributed by atoms with E-state index < -0.39 is 0 Å². The third-order valence-electron chi connectivity index (χ3n) is 1.90. The van der Waals surface area contributed by atoms with Crippen LogP contribution in [0.4, 0.5) is 0 Å². The van der Waals surface area contributed by atoms with Crippen LogP contribution in [-0.2, 0) is 0 Å². The van der Waals surface area contributed by atoms with Crippen molar-refractivity contribution in [2.24, 2.45) is 5.92 Å². The predicted octanol–water partition coefficient (Wildman–Crippen LogP) is 0.770. The molecule has 10 heavy (non-hydrogen) atoms. The summed E-state index contributed by atoms with van der Waals surface area (Å²) < 4.78 is 0. The number of fused-ring (bicyclic) bond motifs is 1. The van der Waals surface area contributed by atoms with Crippen molar-refractivity contribution in [1.29, 1.82) is 0 Å². The molecule has 1 fully saturated rings. The van der Waals surface area contributed by atoms with Gasteiger partial charge in [0.1, 0.15) is 5.50 Å². The van der Waals surface area contributed by atoms with E-state index in [-0.39, 0.29) is 5.50 Å². The van der Waals surface area contributed by atoms with Gasteiger partial charge in [-0.3, -0.25) is 0 Å². The molecule has 0 aromatic heterocycles. The fraction of sp³-hybridized carbons (Fsp3) is 0.429.